The predicted molar refractivity (Wildman–Crippen MR) is 38.1 cm³/mol. The minimum Gasteiger partial charge on any atom is -0.465 e. The van der Waals surface area contributed by atoms with Crippen LogP contribution in [0, 0.1) is 0 Å². The molecular formula is C7H11F2NO2. The first-order chi connectivity index (χ1) is 5.54. The molecule has 1 N–H and O–H groups in total. The number of amides is 1. The predicted octanol–water partition coefficient (Wildman–Crippen LogP) is 2.13. The number of carboxylic acid groups (broad SMARTS) is 1. The Morgan fingerprint density at radius 1 is 1.33 bits per heavy atom. The van der Waals surface area contributed by atoms with E-state index in [1.807, 2.05) is 0 Å². The lowest BCUT2D eigenvalue weighted by molar-refractivity contribution is -0.128. The average molecular weight is 179 g/mol. The molecule has 70 valence electrons. The summed E-state index contributed by atoms with van der Waals surface area (Å²) < 4.78 is 25.8. The zero-order valence-corrected chi connectivity index (χ0v) is 6.59. The maximum atomic E-state index is 12.9. The number of nitrogens with zero attached hydrogens (tertiary/aromatic N) is 1. The Bertz CT molecular complexity index is 184. The normalized spacial score (nSPS) is 23.3. The molecule has 0 atom stereocenters. The minimum absolute atomic E-state index is 0.0532. The van der Waals surface area contributed by atoms with Gasteiger partial charge in [0.25, 0.3) is 0 Å². The van der Waals surface area contributed by atoms with Crippen LogP contribution in [0.3, 0.4) is 0 Å². The van der Waals surface area contributed by atoms with Gasteiger partial charge in [0, 0.05) is 13.0 Å². The Morgan fingerprint density at radius 2 is 2.00 bits per heavy atom. The van der Waals surface area contributed by atoms with Crippen molar-refractivity contribution in [2.45, 2.75) is 31.7 Å². The summed E-state index contributed by atoms with van der Waals surface area (Å²) in [5.41, 5.74) is 0. The molecule has 1 fully saturated rings. The van der Waals surface area contributed by atoms with E-state index < -0.39 is 12.1 Å². The minimum atomic E-state index is -3.16. The molecule has 0 bridgehead atoms. The van der Waals surface area contributed by atoms with Gasteiger partial charge in [-0.3, -0.25) is 0 Å². The Morgan fingerprint density at radius 3 is 2.58 bits per heavy atom. The van der Waals surface area contributed by atoms with Crippen LogP contribution in [0.4, 0.5) is 13.6 Å². The van der Waals surface area contributed by atoms with E-state index >= 15 is 0 Å². The third-order valence-corrected chi connectivity index (χ3v) is 1.99. The molecule has 1 amide bonds. The van der Waals surface area contributed by atoms with Gasteiger partial charge in [0.05, 0.1) is 0 Å². The molecule has 0 spiro atoms. The second-order valence-electron chi connectivity index (χ2n) is 2.91. The van der Waals surface area contributed by atoms with Gasteiger partial charge in [0.1, 0.15) is 0 Å². The van der Waals surface area contributed by atoms with Crippen molar-refractivity contribution in [2.24, 2.45) is 0 Å². The molecule has 5 heteroatoms. The van der Waals surface area contributed by atoms with Crippen LogP contribution in [0.25, 0.3) is 0 Å². The van der Waals surface area contributed by atoms with Gasteiger partial charge in [-0.2, -0.15) is 8.78 Å². The number of rotatable bonds is 0. The van der Waals surface area contributed by atoms with E-state index in [9.17, 15) is 13.6 Å². The van der Waals surface area contributed by atoms with Gasteiger partial charge in [0.15, 0.2) is 0 Å². The Labute approximate surface area is 69.0 Å². The Hall–Kier alpha value is -0.870. The van der Waals surface area contributed by atoms with Crippen molar-refractivity contribution in [1.29, 1.82) is 0 Å². The summed E-state index contributed by atoms with van der Waals surface area (Å²) in [6.07, 6.45) is -0.265. The summed E-state index contributed by atoms with van der Waals surface area (Å²) in [7, 11) is 0. The molecule has 0 unspecified atom stereocenters. The van der Waals surface area contributed by atoms with Crippen molar-refractivity contribution in [3.05, 3.63) is 0 Å². The van der Waals surface area contributed by atoms with E-state index in [2.05, 4.69) is 0 Å². The van der Waals surface area contributed by atoms with Crippen LogP contribution in [-0.2, 0) is 0 Å². The SMILES string of the molecule is O=C(O)N1CCCCCC1(F)F. The zero-order chi connectivity index (χ0) is 9.19. The van der Waals surface area contributed by atoms with Crippen LogP contribution < -0.4 is 0 Å². The molecule has 0 aliphatic carbocycles. The van der Waals surface area contributed by atoms with E-state index in [0.717, 1.165) is 0 Å². The first kappa shape index (κ1) is 9.22. The molecule has 1 rings (SSSR count). The van der Waals surface area contributed by atoms with Crippen LogP contribution in [0.2, 0.25) is 0 Å². The number of alkyl halides is 2. The second kappa shape index (κ2) is 3.25. The Kier molecular flexibility index (Phi) is 2.49. The van der Waals surface area contributed by atoms with E-state index in [1.54, 1.807) is 0 Å². The summed E-state index contributed by atoms with van der Waals surface area (Å²) in [5.74, 6) is 0. The van der Waals surface area contributed by atoms with Crippen molar-refractivity contribution in [1.82, 2.24) is 4.90 Å². The van der Waals surface area contributed by atoms with E-state index in [4.69, 9.17) is 5.11 Å². The van der Waals surface area contributed by atoms with Crippen LogP contribution in [0.1, 0.15) is 25.7 Å². The number of likely N-dealkylation sites (tertiary alicyclic amines) is 1. The molecule has 3 nitrogen and oxygen atoms in total. The molecule has 0 saturated carbocycles. The molecule has 1 heterocycles. The van der Waals surface area contributed by atoms with Crippen molar-refractivity contribution >= 4 is 6.09 Å². The summed E-state index contributed by atoms with van der Waals surface area (Å²) in [5, 5.41) is 8.44. The van der Waals surface area contributed by atoms with Gasteiger partial charge in [-0.05, 0) is 12.8 Å². The number of carbonyl (C=O) groups is 1. The first-order valence-electron chi connectivity index (χ1n) is 3.92. The van der Waals surface area contributed by atoms with Crippen LogP contribution in [0.5, 0.6) is 0 Å². The fourth-order valence-electron chi connectivity index (χ4n) is 1.32. The van der Waals surface area contributed by atoms with Crippen LogP contribution >= 0.6 is 0 Å². The molecule has 0 aromatic carbocycles. The zero-order valence-electron chi connectivity index (χ0n) is 6.59. The van der Waals surface area contributed by atoms with Gasteiger partial charge in [0.2, 0.25) is 0 Å². The van der Waals surface area contributed by atoms with Crippen molar-refractivity contribution < 1.29 is 18.7 Å². The maximum Gasteiger partial charge on any atom is 0.411 e. The average Bonchev–Trinajstić information content (AvgIpc) is 2.09. The molecule has 12 heavy (non-hydrogen) atoms. The lowest BCUT2D eigenvalue weighted by atomic mass is 10.2. The monoisotopic (exact) mass is 179 g/mol. The lowest BCUT2D eigenvalue weighted by Crippen LogP contribution is -2.44. The quantitative estimate of drug-likeness (QED) is 0.578. The summed E-state index contributed by atoms with van der Waals surface area (Å²) in [6, 6.07) is -3.16. The topological polar surface area (TPSA) is 40.5 Å². The lowest BCUT2D eigenvalue weighted by Gasteiger charge is -2.26. The van der Waals surface area contributed by atoms with E-state index in [1.165, 1.54) is 0 Å². The van der Waals surface area contributed by atoms with Crippen molar-refractivity contribution in [3.8, 4) is 0 Å². The molecule has 1 aliphatic rings. The standard InChI is InChI=1S/C7H11F2NO2/c8-7(9)4-2-1-3-5-10(7)6(11)12/h1-5H2,(H,11,12). The summed E-state index contributed by atoms with van der Waals surface area (Å²) >= 11 is 0. The fraction of sp³-hybridized carbons (Fsp3) is 0.857. The van der Waals surface area contributed by atoms with Gasteiger partial charge >= 0.3 is 12.1 Å². The third-order valence-electron chi connectivity index (χ3n) is 1.99. The summed E-state index contributed by atoms with van der Waals surface area (Å²) in [4.78, 5) is 10.6. The second-order valence-corrected chi connectivity index (χ2v) is 2.91. The molecule has 1 saturated heterocycles. The smallest absolute Gasteiger partial charge is 0.411 e. The van der Waals surface area contributed by atoms with Crippen molar-refractivity contribution in [3.63, 3.8) is 0 Å². The maximum absolute atomic E-state index is 12.9. The number of halogens is 2. The highest BCUT2D eigenvalue weighted by Crippen LogP contribution is 2.29. The molecule has 0 radical (unpaired) electrons. The highest BCUT2D eigenvalue weighted by Gasteiger charge is 2.40. The molecular weight excluding hydrogens is 168 g/mol. The van der Waals surface area contributed by atoms with E-state index in [-0.39, 0.29) is 17.9 Å². The van der Waals surface area contributed by atoms with Crippen molar-refractivity contribution in [2.75, 3.05) is 6.54 Å². The van der Waals surface area contributed by atoms with Gasteiger partial charge < -0.3 is 5.11 Å². The Balaban J connectivity index is 2.71. The third kappa shape index (κ3) is 1.84. The highest BCUT2D eigenvalue weighted by atomic mass is 19.3. The van der Waals surface area contributed by atoms with Gasteiger partial charge in [-0.15, -0.1) is 0 Å². The van der Waals surface area contributed by atoms with Crippen LogP contribution in [-0.4, -0.2) is 28.7 Å². The highest BCUT2D eigenvalue weighted by molar-refractivity contribution is 5.65. The molecule has 1 aliphatic heterocycles. The number of hydrogen-bond donors (Lipinski definition) is 1. The fourth-order valence-corrected chi connectivity index (χ4v) is 1.32. The van der Waals surface area contributed by atoms with Gasteiger partial charge in [-0.25, -0.2) is 9.69 Å². The first-order valence-corrected chi connectivity index (χ1v) is 3.92. The van der Waals surface area contributed by atoms with E-state index in [0.29, 0.717) is 19.3 Å². The molecule has 0 aromatic rings. The van der Waals surface area contributed by atoms with Crippen LogP contribution in [0.15, 0.2) is 0 Å². The molecule has 0 aromatic heterocycles. The van der Waals surface area contributed by atoms with Gasteiger partial charge in [-0.1, -0.05) is 6.42 Å². The largest absolute Gasteiger partial charge is 0.465 e. The summed E-state index contributed by atoms with van der Waals surface area (Å²) in [6.45, 7) is -0.0532. The number of hydrogen-bond acceptors (Lipinski definition) is 1.